The van der Waals surface area contributed by atoms with E-state index in [1.54, 1.807) is 36.9 Å². The highest BCUT2D eigenvalue weighted by atomic mass is 31.2. The molecule has 400 valence electrons. The lowest BCUT2D eigenvalue weighted by Crippen LogP contribution is -2.35. The van der Waals surface area contributed by atoms with E-state index in [1.807, 2.05) is 45.5 Å². The van der Waals surface area contributed by atoms with Crippen molar-refractivity contribution in [1.82, 2.24) is 43.7 Å². The van der Waals surface area contributed by atoms with Crippen LogP contribution in [0.15, 0.2) is 86.0 Å². The van der Waals surface area contributed by atoms with Gasteiger partial charge in [0.1, 0.15) is 25.1 Å². The number of hydrogen-bond acceptors (Lipinski definition) is 16. The minimum Gasteiger partial charge on any atom is -0.393 e. The smallest absolute Gasteiger partial charge is 0.259 e. The van der Waals surface area contributed by atoms with E-state index >= 15 is 0 Å². The molecular weight excluding hydrogens is 976 g/mol. The third-order valence-electron chi connectivity index (χ3n) is 14.3. The van der Waals surface area contributed by atoms with Gasteiger partial charge in [-0.05, 0) is 89.5 Å². The highest BCUT2D eigenvalue weighted by molar-refractivity contribution is 7.44. The van der Waals surface area contributed by atoms with Crippen LogP contribution >= 0.6 is 8.53 Å². The van der Waals surface area contributed by atoms with E-state index in [0.717, 1.165) is 38.9 Å². The van der Waals surface area contributed by atoms with Crippen molar-refractivity contribution < 1.29 is 38.0 Å². The highest BCUT2D eigenvalue weighted by Gasteiger charge is 2.52. The van der Waals surface area contributed by atoms with Gasteiger partial charge in [0.25, 0.3) is 20.3 Å². The number of hydrogen-bond donors (Lipinski definition) is 3. The summed E-state index contributed by atoms with van der Waals surface area (Å²) in [7, 11) is -1.34. The molecule has 75 heavy (non-hydrogen) atoms. The number of anilines is 2. The first-order valence-corrected chi connectivity index (χ1v) is 26.9. The van der Waals surface area contributed by atoms with Crippen LogP contribution in [-0.2, 0) is 23.3 Å². The van der Waals surface area contributed by atoms with E-state index in [0.29, 0.717) is 70.0 Å². The van der Waals surface area contributed by atoms with E-state index in [9.17, 15) is 14.7 Å². The second kappa shape index (κ2) is 25.3. The lowest BCUT2D eigenvalue weighted by molar-refractivity contribution is -0.0180. The molecule has 3 saturated heterocycles. The van der Waals surface area contributed by atoms with Crippen molar-refractivity contribution in [2.75, 3.05) is 30.5 Å². The van der Waals surface area contributed by atoms with Gasteiger partial charge < -0.3 is 39.0 Å². The average molecular weight is 1050 g/mol. The minimum atomic E-state index is -1.34. The zero-order chi connectivity index (χ0) is 51.9. The van der Waals surface area contributed by atoms with Gasteiger partial charge in [-0.2, -0.15) is 5.26 Å². The summed E-state index contributed by atoms with van der Waals surface area (Å²) in [6.45, 7) is 15.2. The Kier molecular flexibility index (Phi) is 18.7. The number of nitrogens with one attached hydrogen (secondary N) is 2. The summed E-state index contributed by atoms with van der Waals surface area (Å²) >= 11 is 0. The molecule has 7 heterocycles. The minimum absolute atomic E-state index is 0. The maximum Gasteiger partial charge on any atom is 0.259 e. The predicted molar refractivity (Wildman–Crippen MR) is 284 cm³/mol. The van der Waals surface area contributed by atoms with Gasteiger partial charge in [0, 0.05) is 61.1 Å². The molecule has 5 fully saturated rings. The molecule has 2 amide bonds. The van der Waals surface area contributed by atoms with Crippen LogP contribution in [0.5, 0.6) is 0 Å². The van der Waals surface area contributed by atoms with E-state index < -0.39 is 8.53 Å². The molecule has 6 aromatic rings. The van der Waals surface area contributed by atoms with Gasteiger partial charge in [-0.15, -0.1) is 0 Å². The molecule has 21 heteroatoms. The second-order valence-electron chi connectivity index (χ2n) is 20.1. The van der Waals surface area contributed by atoms with Gasteiger partial charge in [0.15, 0.2) is 34.0 Å². The van der Waals surface area contributed by atoms with Crippen LogP contribution in [0.25, 0.3) is 22.3 Å². The fourth-order valence-corrected chi connectivity index (χ4v) is 12.7. The molecule has 4 aromatic heterocycles. The number of fused-ring (bicyclic) bond motifs is 4. The van der Waals surface area contributed by atoms with Crippen molar-refractivity contribution in [3.63, 3.8) is 0 Å². The molecule has 2 saturated carbocycles. The van der Waals surface area contributed by atoms with Crippen molar-refractivity contribution in [2.24, 2.45) is 23.7 Å². The summed E-state index contributed by atoms with van der Waals surface area (Å²) in [5.41, 5.74) is 3.31. The van der Waals surface area contributed by atoms with Crippen LogP contribution in [0.1, 0.15) is 127 Å². The number of rotatable bonds is 14. The van der Waals surface area contributed by atoms with E-state index in [4.69, 9.17) is 28.5 Å². The molecule has 0 radical (unpaired) electrons. The quantitative estimate of drug-likeness (QED) is 0.0680. The standard InChI is InChI=1S/C29H38N7O4P.C20H21N5O3.C4H8O.CH4/c1-18(2)36(19(3)4)41(38-13-9-12-30)40-23-14-20(5)26-22(23)15-24(39-26)35-17-33-25-27(31-16-32-28(25)35)34-29(37)21-10-7-6-8-11-21;1-11-7-14(26)13-8-15(28-17(11)13)25-10-23-16-18(21-9-22-19(16)25)24-20(27)12-5-3-2-4-6-12;1-2-4-5-3-1;/h6-8,10-11,16-20,22-24,26H,9,13-15H2,1-5H3,(H,31,32,34,37);2-6,9-11,13-15,17,26H,7-8H2,1H3,(H,21,22,24,27);1-4H2;1H4/t20-,22+,23-,24-,26-,41?;11-,13+,14-,15-,17-;;/m11../s1. The predicted octanol–water partition coefficient (Wildman–Crippen LogP) is 9.50. The molecular formula is C54H71N12O8P. The molecule has 2 aliphatic carbocycles. The van der Waals surface area contributed by atoms with Gasteiger partial charge in [0.2, 0.25) is 0 Å². The Hall–Kier alpha value is -5.88. The van der Waals surface area contributed by atoms with Crippen molar-refractivity contribution in [1.29, 1.82) is 5.26 Å². The molecule has 2 aromatic carbocycles. The van der Waals surface area contributed by atoms with Crippen LogP contribution in [0.2, 0.25) is 0 Å². The van der Waals surface area contributed by atoms with Crippen LogP contribution in [0.4, 0.5) is 11.6 Å². The Morgan fingerprint density at radius 2 is 1.24 bits per heavy atom. The largest absolute Gasteiger partial charge is 0.393 e. The van der Waals surface area contributed by atoms with Gasteiger partial charge in [-0.3, -0.25) is 18.7 Å². The number of carbonyl (C=O) groups excluding carboxylic acids is 2. The molecule has 3 aliphatic heterocycles. The molecule has 20 nitrogen and oxygen atoms in total. The Morgan fingerprint density at radius 3 is 1.71 bits per heavy atom. The van der Waals surface area contributed by atoms with Crippen LogP contribution in [0.3, 0.4) is 0 Å². The van der Waals surface area contributed by atoms with Crippen LogP contribution in [0, 0.1) is 35.0 Å². The number of nitrogens with zero attached hydrogens (tertiary/aromatic N) is 10. The van der Waals surface area contributed by atoms with Crippen LogP contribution < -0.4 is 10.6 Å². The SMILES string of the molecule is C.C1CCOC1.CC(C)N(C(C)C)P(OCCC#N)O[C@@H]1C[C@@H](C)[C@H]2O[C@@H](n3cnc4c(NC(=O)c5ccccc5)ncnc43)C[C@H]21.C[C@@H]1C[C@@H](O)[C@@H]2C[C@H](n3cnc4c(NC(=O)c5ccccc5)ncnc43)O[C@@H]21. The fraction of sp³-hybridized carbons (Fsp3) is 0.537. The number of ether oxygens (including phenoxy) is 3. The van der Waals surface area contributed by atoms with Crippen molar-refractivity contribution in [3.8, 4) is 6.07 Å². The third kappa shape index (κ3) is 12.5. The van der Waals surface area contributed by atoms with Crippen LogP contribution in [-0.4, -0.2) is 117 Å². The number of amides is 2. The monoisotopic (exact) mass is 1050 g/mol. The molecule has 5 aliphatic rings. The van der Waals surface area contributed by atoms with Gasteiger partial charge in [0.05, 0.1) is 56.2 Å². The summed E-state index contributed by atoms with van der Waals surface area (Å²) in [5.74, 6) is 1.17. The normalized spacial score (nSPS) is 26.0. The van der Waals surface area contributed by atoms with E-state index in [2.05, 4.69) is 92.8 Å². The Morgan fingerprint density at radius 1 is 0.747 bits per heavy atom. The first kappa shape index (κ1) is 55.4. The first-order valence-electron chi connectivity index (χ1n) is 25.8. The average Bonchev–Trinajstić information content (AvgIpc) is 4.27. The second-order valence-corrected chi connectivity index (χ2v) is 21.6. The van der Waals surface area contributed by atoms with Gasteiger partial charge >= 0.3 is 0 Å². The summed E-state index contributed by atoms with van der Waals surface area (Å²) in [5, 5.41) is 25.0. The van der Waals surface area contributed by atoms with E-state index in [1.165, 1.54) is 25.5 Å². The Labute approximate surface area is 439 Å². The van der Waals surface area contributed by atoms with Crippen molar-refractivity contribution >= 4 is 54.3 Å². The number of carbonyl (C=O) groups is 2. The maximum absolute atomic E-state index is 12.8. The lowest BCUT2D eigenvalue weighted by atomic mass is 10.0. The van der Waals surface area contributed by atoms with E-state index in [-0.39, 0.29) is 80.0 Å². The Bertz CT molecular complexity index is 2830. The fourth-order valence-electron chi connectivity index (χ4n) is 10.9. The number of aromatic nitrogens is 8. The topological polar surface area (TPSA) is 239 Å². The van der Waals surface area contributed by atoms with Crippen molar-refractivity contribution in [3.05, 3.63) is 97.1 Å². The number of aliphatic hydroxyl groups excluding tert-OH is 1. The molecule has 11 rings (SSSR count). The number of nitriles is 1. The third-order valence-corrected chi connectivity index (χ3v) is 16.5. The summed E-state index contributed by atoms with van der Waals surface area (Å²) in [6.07, 6.45) is 11.5. The zero-order valence-corrected chi connectivity index (χ0v) is 43.7. The zero-order valence-electron chi connectivity index (χ0n) is 42.8. The van der Waals surface area contributed by atoms with Crippen molar-refractivity contribution in [2.45, 2.75) is 143 Å². The molecule has 1 unspecified atom stereocenters. The number of benzene rings is 2. The highest BCUT2D eigenvalue weighted by Crippen LogP contribution is 2.55. The number of imidazole rings is 2. The molecule has 11 atom stereocenters. The number of aliphatic hydroxyl groups is 1. The Balaban J connectivity index is 0.000000189. The molecule has 3 N–H and O–H groups in total. The maximum atomic E-state index is 12.8. The summed E-state index contributed by atoms with van der Waals surface area (Å²) in [4.78, 5) is 51.5. The van der Waals surface area contributed by atoms with Gasteiger partial charge in [-0.1, -0.05) is 57.7 Å². The summed E-state index contributed by atoms with van der Waals surface area (Å²) in [6, 6.07) is 20.6. The first-order chi connectivity index (χ1) is 35.9. The summed E-state index contributed by atoms with van der Waals surface area (Å²) < 4.78 is 36.8. The molecule has 0 spiro atoms. The van der Waals surface area contributed by atoms with Gasteiger partial charge in [-0.25, -0.2) is 34.6 Å². The lowest BCUT2D eigenvalue weighted by Gasteiger charge is -2.37. The molecule has 0 bridgehead atoms.